The summed E-state index contributed by atoms with van der Waals surface area (Å²) in [5.74, 6) is 0.316. The summed E-state index contributed by atoms with van der Waals surface area (Å²) in [6, 6.07) is 23.4. The number of phenolic OH excluding ortho intramolecular Hbond substituents is 1. The summed E-state index contributed by atoms with van der Waals surface area (Å²) < 4.78 is 10.8. The van der Waals surface area contributed by atoms with Crippen LogP contribution in [0.3, 0.4) is 0 Å². The molecule has 4 aromatic carbocycles. The van der Waals surface area contributed by atoms with E-state index in [1.54, 1.807) is 12.1 Å². The number of ether oxygens (including phenoxy) is 2. The quantitative estimate of drug-likeness (QED) is 0.370. The predicted octanol–water partition coefficient (Wildman–Crippen LogP) is 6.28. The van der Waals surface area contributed by atoms with Gasteiger partial charge in [-0.05, 0) is 51.7 Å². The van der Waals surface area contributed by atoms with E-state index in [1.807, 2.05) is 53.4 Å². The van der Waals surface area contributed by atoms with E-state index in [2.05, 4.69) is 12.1 Å². The number of aromatic hydroxyl groups is 1. The van der Waals surface area contributed by atoms with Crippen molar-refractivity contribution in [3.63, 3.8) is 0 Å². The number of benzene rings is 4. The Kier molecular flexibility index (Phi) is 5.80. The fraction of sp³-hybridized carbons (Fsp3) is 0.179. The largest absolute Gasteiger partial charge is 0.502 e. The van der Waals surface area contributed by atoms with Gasteiger partial charge in [0.05, 0.1) is 20.8 Å². The molecule has 1 aliphatic heterocycles. The molecule has 0 radical (unpaired) electrons. The van der Waals surface area contributed by atoms with Gasteiger partial charge in [-0.15, -0.1) is 0 Å². The molecule has 1 unspecified atom stereocenters. The van der Waals surface area contributed by atoms with E-state index in [-0.39, 0.29) is 24.0 Å². The molecule has 1 aliphatic rings. The minimum absolute atomic E-state index is 0.00119. The van der Waals surface area contributed by atoms with Gasteiger partial charge in [-0.2, -0.15) is 0 Å². The number of hydrogen-bond acceptors (Lipinski definition) is 4. The zero-order valence-corrected chi connectivity index (χ0v) is 19.7. The molecule has 1 N–H and O–H groups in total. The van der Waals surface area contributed by atoms with Gasteiger partial charge in [0.1, 0.15) is 0 Å². The molecule has 5 rings (SSSR count). The molecule has 34 heavy (non-hydrogen) atoms. The van der Waals surface area contributed by atoms with Crippen molar-refractivity contribution in [2.75, 3.05) is 19.1 Å². The second kappa shape index (κ2) is 8.92. The third kappa shape index (κ3) is 3.72. The van der Waals surface area contributed by atoms with Crippen LogP contribution in [-0.4, -0.2) is 25.2 Å². The molecule has 172 valence electrons. The van der Waals surface area contributed by atoms with E-state index in [1.165, 1.54) is 14.2 Å². The van der Waals surface area contributed by atoms with Crippen molar-refractivity contribution in [3.05, 3.63) is 94.5 Å². The van der Waals surface area contributed by atoms with Crippen molar-refractivity contribution in [2.24, 2.45) is 0 Å². The van der Waals surface area contributed by atoms with Crippen LogP contribution in [0.2, 0.25) is 5.02 Å². The lowest BCUT2D eigenvalue weighted by Crippen LogP contribution is -2.36. The first-order chi connectivity index (χ1) is 16.5. The van der Waals surface area contributed by atoms with Crippen molar-refractivity contribution in [2.45, 2.75) is 18.9 Å². The van der Waals surface area contributed by atoms with Gasteiger partial charge < -0.3 is 19.5 Å². The standard InChI is InChI=1S/C28H24ClNO4/c1-33-24-13-19(14-25(34-2)28(24)32)21-15-26(31)30(16-18-8-4-6-10-22(18)29)23-12-11-17-7-3-5-9-20(17)27(21)23/h3-14,21,32H,15-16H2,1-2H3. The number of amides is 1. The van der Waals surface area contributed by atoms with E-state index in [0.29, 0.717) is 23.1 Å². The first kappa shape index (κ1) is 22.1. The number of halogens is 1. The lowest BCUT2D eigenvalue weighted by atomic mass is 9.81. The highest BCUT2D eigenvalue weighted by molar-refractivity contribution is 6.31. The van der Waals surface area contributed by atoms with E-state index in [0.717, 1.165) is 33.2 Å². The van der Waals surface area contributed by atoms with Crippen LogP contribution in [0.15, 0.2) is 72.8 Å². The molecule has 1 amide bonds. The van der Waals surface area contributed by atoms with Gasteiger partial charge in [-0.25, -0.2) is 0 Å². The summed E-state index contributed by atoms with van der Waals surface area (Å²) in [5.41, 5.74) is 3.64. The highest BCUT2D eigenvalue weighted by Crippen LogP contribution is 2.48. The fourth-order valence-corrected chi connectivity index (χ4v) is 4.97. The Hall–Kier alpha value is -3.70. The number of nitrogens with zero attached hydrogens (tertiary/aromatic N) is 1. The smallest absolute Gasteiger partial charge is 0.228 e. The van der Waals surface area contributed by atoms with E-state index < -0.39 is 0 Å². The van der Waals surface area contributed by atoms with Gasteiger partial charge in [-0.3, -0.25) is 4.79 Å². The summed E-state index contributed by atoms with van der Waals surface area (Å²) in [6.07, 6.45) is 0.266. The van der Waals surface area contributed by atoms with Gasteiger partial charge in [0.2, 0.25) is 11.7 Å². The molecule has 1 heterocycles. The zero-order valence-electron chi connectivity index (χ0n) is 18.9. The Morgan fingerprint density at radius 2 is 1.65 bits per heavy atom. The number of carbonyl (C=O) groups is 1. The van der Waals surface area contributed by atoms with Crippen molar-refractivity contribution in [1.82, 2.24) is 0 Å². The van der Waals surface area contributed by atoms with Crippen molar-refractivity contribution < 1.29 is 19.4 Å². The molecular weight excluding hydrogens is 450 g/mol. The Labute approximate surface area is 203 Å². The Balaban J connectivity index is 1.71. The topological polar surface area (TPSA) is 59.0 Å². The average Bonchev–Trinajstić information content (AvgIpc) is 2.86. The van der Waals surface area contributed by atoms with Crippen LogP contribution in [-0.2, 0) is 11.3 Å². The summed E-state index contributed by atoms with van der Waals surface area (Å²) in [7, 11) is 3.00. The Bertz CT molecular complexity index is 1380. The molecule has 0 aliphatic carbocycles. The van der Waals surface area contributed by atoms with Crippen LogP contribution >= 0.6 is 11.6 Å². The third-order valence-corrected chi connectivity index (χ3v) is 6.83. The van der Waals surface area contributed by atoms with Crippen LogP contribution < -0.4 is 14.4 Å². The molecule has 0 saturated heterocycles. The van der Waals surface area contributed by atoms with E-state index in [4.69, 9.17) is 21.1 Å². The Morgan fingerprint density at radius 1 is 0.971 bits per heavy atom. The number of fused-ring (bicyclic) bond motifs is 3. The maximum absolute atomic E-state index is 13.5. The molecule has 0 spiro atoms. The number of hydrogen-bond donors (Lipinski definition) is 1. The number of carbonyl (C=O) groups excluding carboxylic acids is 1. The average molecular weight is 474 g/mol. The molecule has 6 heteroatoms. The van der Waals surface area contributed by atoms with Crippen LogP contribution in [0.1, 0.15) is 29.0 Å². The third-order valence-electron chi connectivity index (χ3n) is 6.46. The van der Waals surface area contributed by atoms with Gasteiger partial charge in [0, 0.05) is 23.0 Å². The van der Waals surface area contributed by atoms with Crippen molar-refractivity contribution in [3.8, 4) is 17.2 Å². The predicted molar refractivity (Wildman–Crippen MR) is 134 cm³/mol. The minimum atomic E-state index is -0.237. The molecule has 1 atom stereocenters. The normalized spacial score (nSPS) is 15.3. The molecule has 5 nitrogen and oxygen atoms in total. The summed E-state index contributed by atoms with van der Waals surface area (Å²) in [6.45, 7) is 0.388. The molecule has 0 bridgehead atoms. The summed E-state index contributed by atoms with van der Waals surface area (Å²) >= 11 is 6.43. The maximum Gasteiger partial charge on any atom is 0.228 e. The highest BCUT2D eigenvalue weighted by atomic mass is 35.5. The van der Waals surface area contributed by atoms with Crippen molar-refractivity contribution >= 4 is 34.0 Å². The van der Waals surface area contributed by atoms with Crippen molar-refractivity contribution in [1.29, 1.82) is 0 Å². The highest BCUT2D eigenvalue weighted by Gasteiger charge is 2.34. The minimum Gasteiger partial charge on any atom is -0.502 e. The van der Waals surface area contributed by atoms with Gasteiger partial charge >= 0.3 is 0 Å². The number of anilines is 1. The van der Waals surface area contributed by atoms with Gasteiger partial charge in [0.25, 0.3) is 0 Å². The molecular formula is C28H24ClNO4. The molecule has 0 saturated carbocycles. The maximum atomic E-state index is 13.5. The SMILES string of the molecule is COc1cc(C2CC(=O)N(Cc3ccccc3Cl)c3ccc4ccccc4c32)cc(OC)c1O. The van der Waals surface area contributed by atoms with Gasteiger partial charge in [-0.1, -0.05) is 60.1 Å². The van der Waals surface area contributed by atoms with Gasteiger partial charge in [0.15, 0.2) is 11.5 Å². The molecule has 0 fully saturated rings. The van der Waals surface area contributed by atoms with E-state index in [9.17, 15) is 9.90 Å². The summed E-state index contributed by atoms with van der Waals surface area (Å²) in [5, 5.41) is 13.2. The fourth-order valence-electron chi connectivity index (χ4n) is 4.78. The molecule has 4 aromatic rings. The monoisotopic (exact) mass is 473 g/mol. The second-order valence-electron chi connectivity index (χ2n) is 8.32. The number of methoxy groups -OCH3 is 2. The lowest BCUT2D eigenvalue weighted by Gasteiger charge is -2.36. The summed E-state index contributed by atoms with van der Waals surface area (Å²) in [4.78, 5) is 15.4. The van der Waals surface area contributed by atoms with Crippen LogP contribution in [0.25, 0.3) is 10.8 Å². The lowest BCUT2D eigenvalue weighted by molar-refractivity contribution is -0.119. The number of phenols is 1. The van der Waals surface area contributed by atoms with Crippen LogP contribution in [0.4, 0.5) is 5.69 Å². The van der Waals surface area contributed by atoms with Crippen LogP contribution in [0.5, 0.6) is 17.2 Å². The van der Waals surface area contributed by atoms with Crippen LogP contribution in [0, 0.1) is 0 Å². The van der Waals surface area contributed by atoms with E-state index >= 15 is 0 Å². The first-order valence-corrected chi connectivity index (χ1v) is 11.4. The second-order valence-corrected chi connectivity index (χ2v) is 8.73. The Morgan fingerprint density at radius 3 is 2.35 bits per heavy atom. The zero-order chi connectivity index (χ0) is 23.8. The first-order valence-electron chi connectivity index (χ1n) is 11.0. The molecule has 0 aromatic heterocycles. The number of rotatable bonds is 5.